The van der Waals surface area contributed by atoms with Crippen LogP contribution in [0, 0.1) is 5.92 Å². The van der Waals surface area contributed by atoms with Gasteiger partial charge in [0.1, 0.15) is 0 Å². The lowest BCUT2D eigenvalue weighted by Crippen LogP contribution is -2.33. The van der Waals surface area contributed by atoms with Gasteiger partial charge in [-0.15, -0.1) is 0 Å². The molecule has 0 bridgehead atoms. The minimum absolute atomic E-state index is 0.195. The van der Waals surface area contributed by atoms with Crippen molar-refractivity contribution in [2.24, 2.45) is 5.92 Å². The highest BCUT2D eigenvalue weighted by Crippen LogP contribution is 2.25. The van der Waals surface area contributed by atoms with Gasteiger partial charge in [-0.2, -0.15) is 0 Å². The summed E-state index contributed by atoms with van der Waals surface area (Å²) in [6.45, 7) is 2.23. The van der Waals surface area contributed by atoms with Crippen LogP contribution < -0.4 is 5.32 Å². The van der Waals surface area contributed by atoms with Crippen molar-refractivity contribution in [2.45, 2.75) is 70.8 Å². The van der Waals surface area contributed by atoms with Crippen LogP contribution in [-0.2, 0) is 4.79 Å². The summed E-state index contributed by atoms with van der Waals surface area (Å²) in [5, 5.41) is 11.8. The van der Waals surface area contributed by atoms with Crippen LogP contribution in [0.4, 0.5) is 0 Å². The highest BCUT2D eigenvalue weighted by atomic mass is 16.2. The third-order valence-electron chi connectivity index (χ3n) is 3.65. The van der Waals surface area contributed by atoms with Crippen LogP contribution >= 0.6 is 0 Å². The van der Waals surface area contributed by atoms with E-state index in [2.05, 4.69) is 5.32 Å². The van der Waals surface area contributed by atoms with E-state index >= 15 is 0 Å². The van der Waals surface area contributed by atoms with Crippen molar-refractivity contribution in [1.29, 1.82) is 0 Å². The first kappa shape index (κ1) is 14.5. The third kappa shape index (κ3) is 6.67. The predicted octanol–water partition coefficient (Wildman–Crippen LogP) is 2.62. The molecule has 1 unspecified atom stereocenters. The topological polar surface area (TPSA) is 49.3 Å². The second-order valence-electron chi connectivity index (χ2n) is 5.40. The summed E-state index contributed by atoms with van der Waals surface area (Å²) in [7, 11) is 0. The highest BCUT2D eigenvalue weighted by Gasteiger charge is 2.16. The van der Waals surface area contributed by atoms with Gasteiger partial charge in [0.15, 0.2) is 0 Å². The summed E-state index contributed by atoms with van der Waals surface area (Å²) in [5.41, 5.74) is 0. The number of carbonyl (C=O) groups is 1. The van der Waals surface area contributed by atoms with E-state index in [0.717, 1.165) is 12.8 Å². The van der Waals surface area contributed by atoms with E-state index in [-0.39, 0.29) is 18.6 Å². The van der Waals surface area contributed by atoms with Crippen LogP contribution in [-0.4, -0.2) is 23.7 Å². The average molecular weight is 241 g/mol. The Kier molecular flexibility index (Phi) is 7.25. The summed E-state index contributed by atoms with van der Waals surface area (Å²) in [5.74, 6) is 0.796. The molecule has 1 fully saturated rings. The number of nitrogens with one attached hydrogen (secondary N) is 1. The van der Waals surface area contributed by atoms with Crippen LogP contribution in [0.2, 0.25) is 0 Å². The second kappa shape index (κ2) is 8.51. The van der Waals surface area contributed by atoms with Crippen LogP contribution in [0.3, 0.4) is 0 Å². The SMILES string of the molecule is CC(CCCO)NC(=O)CC1CCCCCC1. The molecule has 1 amide bonds. The van der Waals surface area contributed by atoms with Gasteiger partial charge in [-0.3, -0.25) is 4.79 Å². The van der Waals surface area contributed by atoms with E-state index in [1.54, 1.807) is 0 Å². The maximum atomic E-state index is 11.8. The van der Waals surface area contributed by atoms with Crippen molar-refractivity contribution in [2.75, 3.05) is 6.61 Å². The maximum absolute atomic E-state index is 11.8. The molecule has 1 aliphatic rings. The zero-order valence-corrected chi connectivity index (χ0v) is 11.1. The maximum Gasteiger partial charge on any atom is 0.220 e. The van der Waals surface area contributed by atoms with Gasteiger partial charge in [0.05, 0.1) is 0 Å². The van der Waals surface area contributed by atoms with E-state index in [1.165, 1.54) is 38.5 Å². The number of rotatable bonds is 6. The molecule has 3 nitrogen and oxygen atoms in total. The molecular weight excluding hydrogens is 214 g/mol. The molecule has 0 spiro atoms. The first-order valence-corrected chi connectivity index (χ1v) is 7.12. The van der Waals surface area contributed by atoms with E-state index < -0.39 is 0 Å². The largest absolute Gasteiger partial charge is 0.396 e. The van der Waals surface area contributed by atoms with E-state index in [0.29, 0.717) is 12.3 Å². The van der Waals surface area contributed by atoms with E-state index in [1.807, 2.05) is 6.92 Å². The van der Waals surface area contributed by atoms with Crippen molar-refractivity contribution in [3.8, 4) is 0 Å². The molecule has 2 N–H and O–H groups in total. The molecule has 1 saturated carbocycles. The molecule has 0 radical (unpaired) electrons. The number of aliphatic hydroxyl groups excluding tert-OH is 1. The number of carbonyl (C=O) groups excluding carboxylic acids is 1. The normalized spacial score (nSPS) is 19.6. The quantitative estimate of drug-likeness (QED) is 0.702. The lowest BCUT2D eigenvalue weighted by atomic mass is 9.96. The molecule has 3 heteroatoms. The first-order valence-electron chi connectivity index (χ1n) is 7.12. The molecule has 0 heterocycles. The molecule has 0 aliphatic heterocycles. The Bertz CT molecular complexity index is 210. The Morgan fingerprint density at radius 2 is 1.94 bits per heavy atom. The van der Waals surface area contributed by atoms with Crippen molar-refractivity contribution in [3.05, 3.63) is 0 Å². The Hall–Kier alpha value is -0.570. The Morgan fingerprint density at radius 1 is 1.29 bits per heavy atom. The minimum Gasteiger partial charge on any atom is -0.396 e. The zero-order valence-electron chi connectivity index (χ0n) is 11.1. The fourth-order valence-electron chi connectivity index (χ4n) is 2.63. The summed E-state index contributed by atoms with van der Waals surface area (Å²) in [4.78, 5) is 11.8. The number of hydrogen-bond acceptors (Lipinski definition) is 2. The molecular formula is C14H27NO2. The van der Waals surface area contributed by atoms with Crippen molar-refractivity contribution in [3.63, 3.8) is 0 Å². The molecule has 17 heavy (non-hydrogen) atoms. The lowest BCUT2D eigenvalue weighted by Gasteiger charge is -2.17. The lowest BCUT2D eigenvalue weighted by molar-refractivity contribution is -0.122. The smallest absolute Gasteiger partial charge is 0.220 e. The first-order chi connectivity index (χ1) is 8.22. The van der Waals surface area contributed by atoms with Crippen LogP contribution in [0.5, 0.6) is 0 Å². The van der Waals surface area contributed by atoms with Crippen molar-refractivity contribution in [1.82, 2.24) is 5.32 Å². The monoisotopic (exact) mass is 241 g/mol. The predicted molar refractivity (Wildman–Crippen MR) is 69.7 cm³/mol. The second-order valence-corrected chi connectivity index (χ2v) is 5.40. The Balaban J connectivity index is 2.18. The van der Waals surface area contributed by atoms with Crippen molar-refractivity contribution < 1.29 is 9.90 Å². The van der Waals surface area contributed by atoms with E-state index in [9.17, 15) is 4.79 Å². The van der Waals surface area contributed by atoms with Gasteiger partial charge in [0.25, 0.3) is 0 Å². The number of aliphatic hydroxyl groups is 1. The molecule has 0 saturated heterocycles. The Morgan fingerprint density at radius 3 is 2.53 bits per heavy atom. The minimum atomic E-state index is 0.195. The molecule has 0 aromatic heterocycles. The van der Waals surface area contributed by atoms with Crippen LogP contribution in [0.1, 0.15) is 64.7 Å². The summed E-state index contributed by atoms with van der Waals surface area (Å²) < 4.78 is 0. The van der Waals surface area contributed by atoms with Crippen molar-refractivity contribution >= 4 is 5.91 Å². The highest BCUT2D eigenvalue weighted by molar-refractivity contribution is 5.76. The van der Waals surface area contributed by atoms with E-state index in [4.69, 9.17) is 5.11 Å². The van der Waals surface area contributed by atoms with Gasteiger partial charge in [-0.25, -0.2) is 0 Å². The summed E-state index contributed by atoms with van der Waals surface area (Å²) in [6.07, 6.45) is 10.0. The molecule has 1 rings (SSSR count). The number of hydrogen-bond donors (Lipinski definition) is 2. The molecule has 1 aliphatic carbocycles. The van der Waals surface area contributed by atoms with Gasteiger partial charge >= 0.3 is 0 Å². The van der Waals surface area contributed by atoms with Gasteiger partial charge in [0, 0.05) is 19.1 Å². The van der Waals surface area contributed by atoms with Gasteiger partial charge < -0.3 is 10.4 Å². The van der Waals surface area contributed by atoms with Gasteiger partial charge in [-0.1, -0.05) is 25.7 Å². The molecule has 0 aromatic rings. The molecule has 100 valence electrons. The zero-order chi connectivity index (χ0) is 12.5. The average Bonchev–Trinajstić information content (AvgIpc) is 2.54. The summed E-state index contributed by atoms with van der Waals surface area (Å²) in [6, 6.07) is 0.195. The summed E-state index contributed by atoms with van der Waals surface area (Å²) >= 11 is 0. The standard InChI is InChI=1S/C14H27NO2/c1-12(7-6-10-16)15-14(17)11-13-8-4-2-3-5-9-13/h12-13,16H,2-11H2,1H3,(H,15,17). The third-order valence-corrected chi connectivity index (χ3v) is 3.65. The Labute approximate surface area is 105 Å². The molecule has 0 aromatic carbocycles. The molecule has 1 atom stereocenters. The van der Waals surface area contributed by atoms with Gasteiger partial charge in [-0.05, 0) is 38.5 Å². The fraction of sp³-hybridized carbons (Fsp3) is 0.929. The number of amides is 1. The van der Waals surface area contributed by atoms with Gasteiger partial charge in [0.2, 0.25) is 5.91 Å². The van der Waals surface area contributed by atoms with Crippen LogP contribution in [0.25, 0.3) is 0 Å². The van der Waals surface area contributed by atoms with Crippen LogP contribution in [0.15, 0.2) is 0 Å². The fourth-order valence-corrected chi connectivity index (χ4v) is 2.63.